The number of hydrogen-bond donors (Lipinski definition) is 2. The van der Waals surface area contributed by atoms with Gasteiger partial charge in [-0.05, 0) is 37.6 Å². The predicted molar refractivity (Wildman–Crippen MR) is 70.8 cm³/mol. The zero-order valence-corrected chi connectivity index (χ0v) is 11.5. The molecule has 0 aliphatic carbocycles. The van der Waals surface area contributed by atoms with Crippen LogP contribution in [0.4, 0.5) is 5.69 Å². The Labute approximate surface area is 108 Å². The summed E-state index contributed by atoms with van der Waals surface area (Å²) in [6, 6.07) is 5.95. The lowest BCUT2D eigenvalue weighted by Crippen LogP contribution is -2.31. The molecule has 0 heterocycles. The van der Waals surface area contributed by atoms with Crippen molar-refractivity contribution in [3.05, 3.63) is 24.3 Å². The van der Waals surface area contributed by atoms with E-state index in [9.17, 15) is 13.2 Å². The first-order valence-electron chi connectivity index (χ1n) is 5.75. The molecule has 0 unspecified atom stereocenters. The fourth-order valence-corrected chi connectivity index (χ4v) is 2.66. The van der Waals surface area contributed by atoms with E-state index in [1.54, 1.807) is 12.1 Å². The van der Waals surface area contributed by atoms with Crippen molar-refractivity contribution in [2.75, 3.05) is 5.32 Å². The highest BCUT2D eigenvalue weighted by Crippen LogP contribution is 2.14. The zero-order valence-electron chi connectivity index (χ0n) is 10.7. The van der Waals surface area contributed by atoms with Crippen LogP contribution in [-0.2, 0) is 14.8 Å². The maximum atomic E-state index is 11.9. The molecule has 1 aromatic rings. The second-order valence-electron chi connectivity index (χ2n) is 4.14. The highest BCUT2D eigenvalue weighted by atomic mass is 32.2. The Kier molecular flexibility index (Phi) is 4.86. The Hall–Kier alpha value is -1.40. The minimum absolute atomic E-state index is 0.106. The number of sulfonamides is 1. The molecular weight excluding hydrogens is 252 g/mol. The maximum absolute atomic E-state index is 11.9. The lowest BCUT2D eigenvalue weighted by molar-refractivity contribution is -0.114. The van der Waals surface area contributed by atoms with Crippen LogP contribution in [-0.4, -0.2) is 20.4 Å². The van der Waals surface area contributed by atoms with Crippen molar-refractivity contribution in [3.63, 3.8) is 0 Å². The maximum Gasteiger partial charge on any atom is 0.240 e. The van der Waals surface area contributed by atoms with E-state index in [1.807, 2.05) is 13.8 Å². The topological polar surface area (TPSA) is 75.3 Å². The summed E-state index contributed by atoms with van der Waals surface area (Å²) in [4.78, 5) is 11.0. The van der Waals surface area contributed by atoms with Crippen LogP contribution in [0.25, 0.3) is 0 Å². The molecular formula is C12H18N2O3S. The molecule has 100 valence electrons. The van der Waals surface area contributed by atoms with E-state index in [0.717, 1.165) is 6.42 Å². The third kappa shape index (κ3) is 4.12. The lowest BCUT2D eigenvalue weighted by atomic mass is 10.3. The average molecular weight is 270 g/mol. The molecule has 0 aromatic heterocycles. The number of amides is 1. The van der Waals surface area contributed by atoms with Gasteiger partial charge >= 0.3 is 0 Å². The van der Waals surface area contributed by atoms with Crippen LogP contribution >= 0.6 is 0 Å². The fourth-order valence-electron chi connectivity index (χ4n) is 1.34. The highest BCUT2D eigenvalue weighted by Gasteiger charge is 2.16. The Bertz CT molecular complexity index is 509. The molecule has 0 saturated carbocycles. The third-order valence-electron chi connectivity index (χ3n) is 2.45. The molecule has 0 spiro atoms. The lowest BCUT2D eigenvalue weighted by Gasteiger charge is -2.12. The molecule has 0 aliphatic rings. The van der Waals surface area contributed by atoms with Gasteiger partial charge < -0.3 is 5.32 Å². The van der Waals surface area contributed by atoms with Gasteiger partial charge in [0.05, 0.1) is 4.90 Å². The van der Waals surface area contributed by atoms with Crippen molar-refractivity contribution < 1.29 is 13.2 Å². The minimum atomic E-state index is -3.48. The van der Waals surface area contributed by atoms with Crippen molar-refractivity contribution >= 4 is 21.6 Å². The Morgan fingerprint density at radius 2 is 1.83 bits per heavy atom. The first kappa shape index (κ1) is 14.7. The molecule has 1 atom stereocenters. The van der Waals surface area contributed by atoms with E-state index in [-0.39, 0.29) is 16.8 Å². The van der Waals surface area contributed by atoms with Crippen molar-refractivity contribution in [3.8, 4) is 0 Å². The summed E-state index contributed by atoms with van der Waals surface area (Å²) >= 11 is 0. The van der Waals surface area contributed by atoms with Gasteiger partial charge in [0.25, 0.3) is 0 Å². The molecule has 0 fully saturated rings. The number of carbonyl (C=O) groups excluding carboxylic acids is 1. The van der Waals surface area contributed by atoms with Crippen molar-refractivity contribution in [2.45, 2.75) is 38.1 Å². The van der Waals surface area contributed by atoms with Gasteiger partial charge in [0, 0.05) is 18.7 Å². The molecule has 0 radical (unpaired) electrons. The van der Waals surface area contributed by atoms with E-state index in [2.05, 4.69) is 10.0 Å². The molecule has 5 nitrogen and oxygen atoms in total. The first-order chi connectivity index (χ1) is 8.35. The molecule has 1 aromatic carbocycles. The van der Waals surface area contributed by atoms with Gasteiger partial charge in [0.2, 0.25) is 15.9 Å². The fraction of sp³-hybridized carbons (Fsp3) is 0.417. The van der Waals surface area contributed by atoms with Crippen LogP contribution < -0.4 is 10.0 Å². The van der Waals surface area contributed by atoms with Gasteiger partial charge in [-0.3, -0.25) is 4.79 Å². The number of rotatable bonds is 5. The van der Waals surface area contributed by atoms with Gasteiger partial charge in [-0.25, -0.2) is 13.1 Å². The van der Waals surface area contributed by atoms with Crippen molar-refractivity contribution in [1.82, 2.24) is 4.72 Å². The summed E-state index contributed by atoms with van der Waals surface area (Å²) in [5, 5.41) is 2.58. The molecule has 18 heavy (non-hydrogen) atoms. The van der Waals surface area contributed by atoms with Crippen molar-refractivity contribution in [1.29, 1.82) is 0 Å². The second kappa shape index (κ2) is 5.97. The molecule has 0 bridgehead atoms. The monoisotopic (exact) mass is 270 g/mol. The van der Waals surface area contributed by atoms with Crippen LogP contribution in [0.5, 0.6) is 0 Å². The van der Waals surface area contributed by atoms with Gasteiger partial charge in [0.1, 0.15) is 0 Å². The Morgan fingerprint density at radius 3 is 2.28 bits per heavy atom. The van der Waals surface area contributed by atoms with E-state index < -0.39 is 10.0 Å². The summed E-state index contributed by atoms with van der Waals surface area (Å²) < 4.78 is 26.4. The average Bonchev–Trinajstić information content (AvgIpc) is 2.28. The summed E-state index contributed by atoms with van der Waals surface area (Å²) in [6.07, 6.45) is 0.725. The third-order valence-corrected chi connectivity index (χ3v) is 4.06. The smallest absolute Gasteiger partial charge is 0.240 e. The van der Waals surface area contributed by atoms with Crippen LogP contribution in [0.15, 0.2) is 29.2 Å². The van der Waals surface area contributed by atoms with Crippen LogP contribution in [0.3, 0.4) is 0 Å². The molecule has 1 rings (SSSR count). The number of nitrogens with one attached hydrogen (secondary N) is 2. The van der Waals surface area contributed by atoms with E-state index in [4.69, 9.17) is 0 Å². The van der Waals surface area contributed by atoms with Crippen LogP contribution in [0.2, 0.25) is 0 Å². The van der Waals surface area contributed by atoms with Crippen molar-refractivity contribution in [2.24, 2.45) is 0 Å². The number of carbonyl (C=O) groups is 1. The van der Waals surface area contributed by atoms with Crippen LogP contribution in [0.1, 0.15) is 27.2 Å². The van der Waals surface area contributed by atoms with Gasteiger partial charge in [-0.2, -0.15) is 0 Å². The second-order valence-corrected chi connectivity index (χ2v) is 5.85. The molecule has 2 N–H and O–H groups in total. The van der Waals surface area contributed by atoms with E-state index in [0.29, 0.717) is 5.69 Å². The van der Waals surface area contributed by atoms with E-state index in [1.165, 1.54) is 19.1 Å². The number of anilines is 1. The van der Waals surface area contributed by atoms with E-state index >= 15 is 0 Å². The summed E-state index contributed by atoms with van der Waals surface area (Å²) in [5.41, 5.74) is 0.574. The number of hydrogen-bond acceptors (Lipinski definition) is 3. The number of benzene rings is 1. The quantitative estimate of drug-likeness (QED) is 0.855. The first-order valence-corrected chi connectivity index (χ1v) is 7.23. The molecule has 0 aliphatic heterocycles. The molecule has 6 heteroatoms. The summed E-state index contributed by atoms with van der Waals surface area (Å²) in [5.74, 6) is -0.191. The Morgan fingerprint density at radius 1 is 1.28 bits per heavy atom. The normalized spacial score (nSPS) is 13.1. The molecule has 1 amide bonds. The largest absolute Gasteiger partial charge is 0.326 e. The standard InChI is InChI=1S/C12H18N2O3S/c1-4-9(2)14-18(16,17)12-7-5-11(6-8-12)13-10(3)15/h5-9,14H,4H2,1-3H3,(H,13,15)/t9-/m1/s1. The summed E-state index contributed by atoms with van der Waals surface area (Å²) in [7, 11) is -3.48. The minimum Gasteiger partial charge on any atom is -0.326 e. The highest BCUT2D eigenvalue weighted by molar-refractivity contribution is 7.89. The predicted octanol–water partition coefficient (Wildman–Crippen LogP) is 1.72. The summed E-state index contributed by atoms with van der Waals surface area (Å²) in [6.45, 7) is 5.12. The Balaban J connectivity index is 2.87. The van der Waals surface area contributed by atoms with Gasteiger partial charge in [0.15, 0.2) is 0 Å². The SMILES string of the molecule is CC[C@@H](C)NS(=O)(=O)c1ccc(NC(C)=O)cc1. The van der Waals surface area contributed by atoms with Crippen LogP contribution in [0, 0.1) is 0 Å². The zero-order chi connectivity index (χ0) is 13.8. The van der Waals surface area contributed by atoms with Gasteiger partial charge in [-0.1, -0.05) is 6.92 Å². The molecule has 0 saturated heterocycles. The van der Waals surface area contributed by atoms with Gasteiger partial charge in [-0.15, -0.1) is 0 Å².